The van der Waals surface area contributed by atoms with E-state index in [4.69, 9.17) is 4.74 Å². The first kappa shape index (κ1) is 11.2. The Bertz CT molecular complexity index is 340. The number of benzene rings is 1. The average molecular weight is 217 g/mol. The van der Waals surface area contributed by atoms with Crippen molar-refractivity contribution in [3.05, 3.63) is 42.5 Å². The Hall–Kier alpha value is -1.28. The molecule has 0 aromatic heterocycles. The van der Waals surface area contributed by atoms with Gasteiger partial charge in [0.05, 0.1) is 0 Å². The van der Waals surface area contributed by atoms with Crippen LogP contribution in [0.4, 0.5) is 0 Å². The first-order chi connectivity index (χ1) is 7.78. The Balaban J connectivity index is 1.85. The summed E-state index contributed by atoms with van der Waals surface area (Å²) in [6.07, 6.45) is 4.52. The molecule has 2 rings (SSSR count). The Morgan fingerprint density at radius 3 is 2.69 bits per heavy atom. The number of rotatable bonds is 6. The van der Waals surface area contributed by atoms with Crippen LogP contribution >= 0.6 is 0 Å². The van der Waals surface area contributed by atoms with Crippen molar-refractivity contribution in [2.45, 2.75) is 38.5 Å². The molecule has 1 saturated carbocycles. The first-order valence-electron chi connectivity index (χ1n) is 5.89. The molecule has 0 spiro atoms. The van der Waals surface area contributed by atoms with Gasteiger partial charge in [0.15, 0.2) is 0 Å². The van der Waals surface area contributed by atoms with E-state index in [1.54, 1.807) is 6.08 Å². The van der Waals surface area contributed by atoms with Gasteiger partial charge in [-0.2, -0.15) is 0 Å². The van der Waals surface area contributed by atoms with Crippen LogP contribution < -0.4 is 10.1 Å². The number of hydrogen-bond acceptors (Lipinski definition) is 2. The summed E-state index contributed by atoms with van der Waals surface area (Å²) in [7, 11) is 0. The molecule has 16 heavy (non-hydrogen) atoms. The Morgan fingerprint density at radius 1 is 1.44 bits per heavy atom. The van der Waals surface area contributed by atoms with Crippen molar-refractivity contribution in [3.63, 3.8) is 0 Å². The maximum Gasteiger partial charge on any atom is 0.120 e. The van der Waals surface area contributed by atoms with Gasteiger partial charge in [-0.05, 0) is 37.5 Å². The van der Waals surface area contributed by atoms with Crippen molar-refractivity contribution in [2.24, 2.45) is 0 Å². The molecule has 1 N–H and O–H groups in total. The molecule has 0 saturated heterocycles. The number of hydrogen-bond donors (Lipinski definition) is 1. The van der Waals surface area contributed by atoms with Crippen LogP contribution in [0.25, 0.3) is 0 Å². The van der Waals surface area contributed by atoms with E-state index in [2.05, 4.69) is 24.0 Å². The summed E-state index contributed by atoms with van der Waals surface area (Å²) in [5.74, 6) is 0.905. The van der Waals surface area contributed by atoms with Gasteiger partial charge >= 0.3 is 0 Å². The van der Waals surface area contributed by atoms with Crippen LogP contribution in [0.1, 0.15) is 25.3 Å². The molecule has 2 nitrogen and oxygen atoms in total. The Kier molecular flexibility index (Phi) is 3.62. The molecule has 1 unspecified atom stereocenters. The van der Waals surface area contributed by atoms with E-state index in [1.165, 1.54) is 18.4 Å². The Labute approximate surface area is 97.3 Å². The van der Waals surface area contributed by atoms with E-state index in [0.29, 0.717) is 0 Å². The standard InChI is InChI=1S/C14H19NO/c1-3-11(2)16-14-8-4-12(5-9-14)10-15-13-6-7-13/h3-5,8-9,11,13,15H,1,6-7,10H2,2H3. The van der Waals surface area contributed by atoms with E-state index < -0.39 is 0 Å². The maximum absolute atomic E-state index is 5.62. The van der Waals surface area contributed by atoms with Gasteiger partial charge in [-0.1, -0.05) is 24.8 Å². The lowest BCUT2D eigenvalue weighted by Crippen LogP contribution is -2.15. The smallest absolute Gasteiger partial charge is 0.120 e. The van der Waals surface area contributed by atoms with Crippen molar-refractivity contribution in [1.29, 1.82) is 0 Å². The highest BCUT2D eigenvalue weighted by molar-refractivity contribution is 5.27. The van der Waals surface area contributed by atoms with Crippen LogP contribution in [-0.4, -0.2) is 12.1 Å². The molecule has 0 radical (unpaired) electrons. The maximum atomic E-state index is 5.62. The van der Waals surface area contributed by atoms with Crippen molar-refractivity contribution < 1.29 is 4.74 Å². The molecule has 86 valence electrons. The van der Waals surface area contributed by atoms with Gasteiger partial charge in [-0.3, -0.25) is 0 Å². The van der Waals surface area contributed by atoms with Crippen molar-refractivity contribution in [2.75, 3.05) is 0 Å². The minimum atomic E-state index is 0.0652. The summed E-state index contributed by atoms with van der Waals surface area (Å²) in [6.45, 7) is 6.64. The molecule has 0 aliphatic heterocycles. The Morgan fingerprint density at radius 2 is 2.12 bits per heavy atom. The molecule has 1 aliphatic carbocycles. The zero-order valence-corrected chi connectivity index (χ0v) is 9.78. The van der Waals surface area contributed by atoms with E-state index in [1.807, 2.05) is 19.1 Å². The monoisotopic (exact) mass is 217 g/mol. The number of ether oxygens (including phenoxy) is 1. The third-order valence-corrected chi connectivity index (χ3v) is 2.75. The summed E-state index contributed by atoms with van der Waals surface area (Å²) in [6, 6.07) is 9.02. The summed E-state index contributed by atoms with van der Waals surface area (Å²) in [5.41, 5.74) is 1.31. The average Bonchev–Trinajstić information content (AvgIpc) is 3.12. The molecule has 1 aliphatic rings. The highest BCUT2D eigenvalue weighted by Crippen LogP contribution is 2.20. The van der Waals surface area contributed by atoms with Crippen LogP contribution in [0, 0.1) is 0 Å². The summed E-state index contributed by atoms with van der Waals surface area (Å²) >= 11 is 0. The molecule has 1 aromatic carbocycles. The molecule has 1 fully saturated rings. The fourth-order valence-electron chi connectivity index (χ4n) is 1.50. The lowest BCUT2D eigenvalue weighted by atomic mass is 10.2. The molecular formula is C14H19NO. The van der Waals surface area contributed by atoms with Crippen LogP contribution in [0.3, 0.4) is 0 Å². The number of nitrogens with one attached hydrogen (secondary N) is 1. The van der Waals surface area contributed by atoms with Gasteiger partial charge in [0.1, 0.15) is 11.9 Å². The van der Waals surface area contributed by atoms with Gasteiger partial charge in [0, 0.05) is 12.6 Å². The minimum absolute atomic E-state index is 0.0652. The normalized spacial score (nSPS) is 16.8. The van der Waals surface area contributed by atoms with Gasteiger partial charge in [0.2, 0.25) is 0 Å². The molecule has 2 heteroatoms. The summed E-state index contributed by atoms with van der Waals surface area (Å²) in [5, 5.41) is 3.49. The van der Waals surface area contributed by atoms with Crippen LogP contribution in [-0.2, 0) is 6.54 Å². The predicted molar refractivity (Wildman–Crippen MR) is 66.6 cm³/mol. The van der Waals surface area contributed by atoms with Gasteiger partial charge in [0.25, 0.3) is 0 Å². The van der Waals surface area contributed by atoms with Crippen LogP contribution in [0.5, 0.6) is 5.75 Å². The van der Waals surface area contributed by atoms with Gasteiger partial charge < -0.3 is 10.1 Å². The van der Waals surface area contributed by atoms with Crippen LogP contribution in [0.15, 0.2) is 36.9 Å². The SMILES string of the molecule is C=CC(C)Oc1ccc(CNC2CC2)cc1. The largest absolute Gasteiger partial charge is 0.487 e. The molecule has 0 bridgehead atoms. The zero-order valence-electron chi connectivity index (χ0n) is 9.78. The van der Waals surface area contributed by atoms with Crippen molar-refractivity contribution in [1.82, 2.24) is 5.32 Å². The topological polar surface area (TPSA) is 21.3 Å². The lowest BCUT2D eigenvalue weighted by Gasteiger charge is -2.11. The van der Waals surface area contributed by atoms with E-state index in [0.717, 1.165) is 18.3 Å². The third kappa shape index (κ3) is 3.38. The summed E-state index contributed by atoms with van der Waals surface area (Å²) < 4.78 is 5.62. The lowest BCUT2D eigenvalue weighted by molar-refractivity contribution is 0.270. The first-order valence-corrected chi connectivity index (χ1v) is 5.89. The fourth-order valence-corrected chi connectivity index (χ4v) is 1.50. The summed E-state index contributed by atoms with van der Waals surface area (Å²) in [4.78, 5) is 0. The van der Waals surface area contributed by atoms with Gasteiger partial charge in [-0.15, -0.1) is 0 Å². The highest BCUT2D eigenvalue weighted by Gasteiger charge is 2.19. The fraction of sp³-hybridized carbons (Fsp3) is 0.429. The predicted octanol–water partition coefficient (Wildman–Crippen LogP) is 2.89. The molecule has 1 aromatic rings. The van der Waals surface area contributed by atoms with Crippen LogP contribution in [0.2, 0.25) is 0 Å². The molecule has 0 heterocycles. The van der Waals surface area contributed by atoms with E-state index in [-0.39, 0.29) is 6.10 Å². The third-order valence-electron chi connectivity index (χ3n) is 2.75. The van der Waals surface area contributed by atoms with Crippen molar-refractivity contribution >= 4 is 0 Å². The quantitative estimate of drug-likeness (QED) is 0.740. The second-order valence-electron chi connectivity index (χ2n) is 4.36. The second-order valence-corrected chi connectivity index (χ2v) is 4.36. The van der Waals surface area contributed by atoms with E-state index in [9.17, 15) is 0 Å². The van der Waals surface area contributed by atoms with Gasteiger partial charge in [-0.25, -0.2) is 0 Å². The molecular weight excluding hydrogens is 198 g/mol. The zero-order chi connectivity index (χ0) is 11.4. The molecule has 0 amide bonds. The highest BCUT2D eigenvalue weighted by atomic mass is 16.5. The molecule has 1 atom stereocenters. The van der Waals surface area contributed by atoms with Crippen molar-refractivity contribution in [3.8, 4) is 5.75 Å². The van der Waals surface area contributed by atoms with E-state index >= 15 is 0 Å². The second kappa shape index (κ2) is 5.17. The minimum Gasteiger partial charge on any atom is -0.487 e.